The number of benzene rings is 2. The average Bonchev–Trinajstić information content (AvgIpc) is 2.69. The summed E-state index contributed by atoms with van der Waals surface area (Å²) in [5.41, 5.74) is 2.19. The standard InChI is InChI=1S/C23H28O4S2/c1-19(2)11-10-12-20(3)17-18-23(28(24,25)21-13-6-4-7-14-21)29(26,27)22-15-8-5-9-16-22/h4-9,11,13-17,23H,10,12,18H2,1-3H3/b20-17+. The summed E-state index contributed by atoms with van der Waals surface area (Å²) in [6, 6.07) is 15.5. The van der Waals surface area contributed by atoms with Crippen LogP contribution < -0.4 is 0 Å². The van der Waals surface area contributed by atoms with Gasteiger partial charge in [-0.2, -0.15) is 0 Å². The van der Waals surface area contributed by atoms with Gasteiger partial charge in [0.25, 0.3) is 0 Å². The molecular weight excluding hydrogens is 404 g/mol. The highest BCUT2D eigenvalue weighted by Crippen LogP contribution is 2.28. The average molecular weight is 433 g/mol. The second kappa shape index (κ2) is 10.0. The van der Waals surface area contributed by atoms with Crippen LogP contribution in [0.15, 0.2) is 93.8 Å². The molecule has 2 aromatic rings. The summed E-state index contributed by atoms with van der Waals surface area (Å²) >= 11 is 0. The van der Waals surface area contributed by atoms with E-state index in [4.69, 9.17) is 0 Å². The Bertz CT molecular complexity index is 993. The van der Waals surface area contributed by atoms with Crippen LogP contribution in [-0.4, -0.2) is 21.4 Å². The molecule has 0 radical (unpaired) electrons. The van der Waals surface area contributed by atoms with Crippen LogP contribution in [0, 0.1) is 0 Å². The van der Waals surface area contributed by atoms with Crippen molar-refractivity contribution in [1.82, 2.24) is 0 Å². The van der Waals surface area contributed by atoms with Crippen molar-refractivity contribution < 1.29 is 16.8 Å². The molecule has 0 unspecified atom stereocenters. The highest BCUT2D eigenvalue weighted by Gasteiger charge is 2.39. The van der Waals surface area contributed by atoms with Crippen LogP contribution in [0.5, 0.6) is 0 Å². The third-order valence-electron chi connectivity index (χ3n) is 4.59. The summed E-state index contributed by atoms with van der Waals surface area (Å²) in [7, 11) is -8.16. The fraction of sp³-hybridized carbons (Fsp3) is 0.304. The molecule has 0 heterocycles. The van der Waals surface area contributed by atoms with Crippen molar-refractivity contribution in [2.75, 3.05) is 0 Å². The lowest BCUT2D eigenvalue weighted by Crippen LogP contribution is -2.30. The molecular formula is C23H28O4S2. The minimum Gasteiger partial charge on any atom is -0.222 e. The predicted molar refractivity (Wildman–Crippen MR) is 118 cm³/mol. The lowest BCUT2D eigenvalue weighted by Gasteiger charge is -2.18. The van der Waals surface area contributed by atoms with Gasteiger partial charge in [0.05, 0.1) is 9.79 Å². The van der Waals surface area contributed by atoms with E-state index in [0.29, 0.717) is 0 Å². The maximum Gasteiger partial charge on any atom is 0.196 e. The Kier molecular flexibility index (Phi) is 7.99. The summed E-state index contributed by atoms with van der Waals surface area (Å²) in [4.78, 5) is 0.0280. The third-order valence-corrected chi connectivity index (χ3v) is 9.73. The van der Waals surface area contributed by atoms with E-state index in [1.165, 1.54) is 29.8 Å². The highest BCUT2D eigenvalue weighted by atomic mass is 32.3. The lowest BCUT2D eigenvalue weighted by molar-refractivity contribution is 0.574. The van der Waals surface area contributed by atoms with Crippen LogP contribution in [0.1, 0.15) is 40.0 Å². The molecule has 2 rings (SSSR count). The normalized spacial score (nSPS) is 12.8. The van der Waals surface area contributed by atoms with Crippen LogP contribution in [0.4, 0.5) is 0 Å². The van der Waals surface area contributed by atoms with Crippen molar-refractivity contribution in [2.24, 2.45) is 0 Å². The van der Waals surface area contributed by atoms with Gasteiger partial charge >= 0.3 is 0 Å². The van der Waals surface area contributed by atoms with Crippen LogP contribution >= 0.6 is 0 Å². The number of sulfone groups is 2. The van der Waals surface area contributed by atoms with Crippen molar-refractivity contribution in [3.8, 4) is 0 Å². The van der Waals surface area contributed by atoms with Crippen LogP contribution in [0.25, 0.3) is 0 Å². The van der Waals surface area contributed by atoms with Gasteiger partial charge in [0.15, 0.2) is 24.3 Å². The number of hydrogen-bond acceptors (Lipinski definition) is 4. The van der Waals surface area contributed by atoms with E-state index in [2.05, 4.69) is 6.08 Å². The maximum absolute atomic E-state index is 13.3. The monoisotopic (exact) mass is 432 g/mol. The Morgan fingerprint density at radius 1 is 0.759 bits per heavy atom. The van der Waals surface area contributed by atoms with Gasteiger partial charge in [0.2, 0.25) is 0 Å². The molecule has 4 nitrogen and oxygen atoms in total. The molecule has 0 aliphatic heterocycles. The van der Waals surface area contributed by atoms with E-state index in [-0.39, 0.29) is 16.2 Å². The molecule has 156 valence electrons. The molecule has 0 aliphatic carbocycles. The van der Waals surface area contributed by atoms with Crippen molar-refractivity contribution in [3.05, 3.63) is 84.0 Å². The first-order valence-electron chi connectivity index (χ1n) is 9.52. The minimum atomic E-state index is -4.08. The first-order chi connectivity index (χ1) is 13.7. The van der Waals surface area contributed by atoms with Gasteiger partial charge in [0, 0.05) is 0 Å². The number of hydrogen-bond donors (Lipinski definition) is 0. The summed E-state index contributed by atoms with van der Waals surface area (Å²) in [5.74, 6) is 0. The molecule has 0 saturated carbocycles. The first-order valence-corrected chi connectivity index (χ1v) is 12.6. The van der Waals surface area contributed by atoms with Gasteiger partial charge in [-0.3, -0.25) is 0 Å². The molecule has 6 heteroatoms. The zero-order valence-electron chi connectivity index (χ0n) is 17.1. The summed E-state index contributed by atoms with van der Waals surface area (Å²) < 4.78 is 51.4. The zero-order chi connectivity index (χ0) is 21.5. The second-order valence-corrected chi connectivity index (χ2v) is 11.8. The summed E-state index contributed by atoms with van der Waals surface area (Å²) in [6.45, 7) is 5.95. The van der Waals surface area contributed by atoms with Gasteiger partial charge in [0.1, 0.15) is 0 Å². The largest absolute Gasteiger partial charge is 0.222 e. The minimum absolute atomic E-state index is 0.0140. The Balaban J connectivity index is 2.43. The molecule has 0 atom stereocenters. The quantitative estimate of drug-likeness (QED) is 0.501. The molecule has 2 aromatic carbocycles. The van der Waals surface area contributed by atoms with Crippen LogP contribution in [0.2, 0.25) is 0 Å². The smallest absolute Gasteiger partial charge is 0.196 e. The molecule has 0 bridgehead atoms. The number of allylic oxidation sites excluding steroid dienone is 4. The third kappa shape index (κ3) is 6.15. The molecule has 0 saturated heterocycles. The molecule has 0 N–H and O–H groups in total. The summed E-state index contributed by atoms with van der Waals surface area (Å²) in [5, 5.41) is 0. The Morgan fingerprint density at radius 2 is 1.21 bits per heavy atom. The first kappa shape index (κ1) is 23.1. The lowest BCUT2D eigenvalue weighted by atomic mass is 10.1. The van der Waals surface area contributed by atoms with E-state index in [0.717, 1.165) is 18.4 Å². The van der Waals surface area contributed by atoms with E-state index >= 15 is 0 Å². The molecule has 29 heavy (non-hydrogen) atoms. The Labute approximate surface area is 174 Å². The fourth-order valence-electron chi connectivity index (χ4n) is 2.93. The van der Waals surface area contributed by atoms with Crippen molar-refractivity contribution >= 4 is 19.7 Å². The topological polar surface area (TPSA) is 68.3 Å². The van der Waals surface area contributed by atoms with Gasteiger partial charge in [-0.1, -0.05) is 59.7 Å². The van der Waals surface area contributed by atoms with Crippen LogP contribution in [0.3, 0.4) is 0 Å². The number of rotatable bonds is 9. The zero-order valence-corrected chi connectivity index (χ0v) is 18.7. The van der Waals surface area contributed by atoms with E-state index in [1.54, 1.807) is 42.5 Å². The van der Waals surface area contributed by atoms with Crippen molar-refractivity contribution in [1.29, 1.82) is 0 Å². The van der Waals surface area contributed by atoms with Gasteiger partial charge in [-0.25, -0.2) is 16.8 Å². The van der Waals surface area contributed by atoms with E-state index in [9.17, 15) is 16.8 Å². The van der Waals surface area contributed by atoms with Crippen molar-refractivity contribution in [2.45, 2.75) is 54.4 Å². The molecule has 0 fully saturated rings. The predicted octanol–water partition coefficient (Wildman–Crippen LogP) is 5.34. The van der Waals surface area contributed by atoms with Crippen LogP contribution in [-0.2, 0) is 19.7 Å². The second-order valence-electron chi connectivity index (χ2n) is 7.25. The van der Waals surface area contributed by atoms with E-state index < -0.39 is 24.3 Å². The SMILES string of the molecule is CC(C)=CCC/C(C)=C/CC(S(=O)(=O)c1ccccc1)S(=O)(=O)c1ccccc1. The summed E-state index contributed by atoms with van der Waals surface area (Å²) in [6.07, 6.45) is 5.36. The molecule has 0 aliphatic rings. The van der Waals surface area contributed by atoms with E-state index in [1.807, 2.05) is 20.8 Å². The molecule has 0 amide bonds. The maximum atomic E-state index is 13.3. The Morgan fingerprint density at radius 3 is 1.62 bits per heavy atom. The van der Waals surface area contributed by atoms with Gasteiger partial charge < -0.3 is 0 Å². The molecule has 0 spiro atoms. The van der Waals surface area contributed by atoms with Gasteiger partial charge in [-0.15, -0.1) is 0 Å². The van der Waals surface area contributed by atoms with Crippen molar-refractivity contribution in [3.63, 3.8) is 0 Å². The highest BCUT2D eigenvalue weighted by molar-refractivity contribution is 8.09. The fourth-order valence-corrected chi connectivity index (χ4v) is 7.31. The Hall–Kier alpha value is -2.18. The molecule has 0 aromatic heterocycles. The van der Waals surface area contributed by atoms with Gasteiger partial charge in [-0.05, 0) is 64.3 Å².